The second-order valence-corrected chi connectivity index (χ2v) is 4.36. The van der Waals surface area contributed by atoms with Crippen molar-refractivity contribution in [1.82, 2.24) is 4.90 Å². The summed E-state index contributed by atoms with van der Waals surface area (Å²) in [5.41, 5.74) is 0.0797. The van der Waals surface area contributed by atoms with Crippen molar-refractivity contribution in [2.75, 3.05) is 32.5 Å². The molecule has 0 bridgehead atoms. The summed E-state index contributed by atoms with van der Waals surface area (Å²) in [4.78, 5) is 11.9. The zero-order valence-electron chi connectivity index (χ0n) is 10.6. The predicted molar refractivity (Wildman–Crippen MR) is 69.3 cm³/mol. The number of non-ortho nitro benzene ring substituents is 1. The lowest BCUT2D eigenvalue weighted by Crippen LogP contribution is -2.14. The van der Waals surface area contributed by atoms with Crippen molar-refractivity contribution in [3.8, 4) is 0 Å². The third-order valence-electron chi connectivity index (χ3n) is 2.51. The number of nitro groups is 1. The quantitative estimate of drug-likeness (QED) is 0.462. The van der Waals surface area contributed by atoms with Crippen molar-refractivity contribution in [3.05, 3.63) is 34.1 Å². The maximum absolute atomic E-state index is 13.5. The van der Waals surface area contributed by atoms with Crippen molar-refractivity contribution in [2.45, 2.75) is 12.8 Å². The number of hydrogen-bond donors (Lipinski definition) is 1. The minimum Gasteiger partial charge on any atom is -0.383 e. The van der Waals surface area contributed by atoms with Crippen LogP contribution < -0.4 is 5.32 Å². The van der Waals surface area contributed by atoms with E-state index in [0.717, 1.165) is 25.5 Å². The van der Waals surface area contributed by atoms with Crippen LogP contribution >= 0.6 is 0 Å². The Kier molecular flexibility index (Phi) is 5.51. The third-order valence-corrected chi connectivity index (χ3v) is 2.51. The molecule has 18 heavy (non-hydrogen) atoms. The monoisotopic (exact) mass is 255 g/mol. The average molecular weight is 255 g/mol. The molecular weight excluding hydrogens is 237 g/mol. The molecule has 1 N–H and O–H groups in total. The standard InChI is InChI=1S/C12H18FN3O2/c1-15(2)8-4-3-7-14-12-6-5-10(16(17)18)9-11(12)13/h5-6,9,14H,3-4,7-8H2,1-2H3. The zero-order chi connectivity index (χ0) is 13.5. The Morgan fingerprint density at radius 3 is 2.67 bits per heavy atom. The summed E-state index contributed by atoms with van der Waals surface area (Å²) in [6.07, 6.45) is 1.95. The maximum atomic E-state index is 13.5. The van der Waals surface area contributed by atoms with Crippen LogP contribution in [0.25, 0.3) is 0 Å². The fourth-order valence-electron chi connectivity index (χ4n) is 1.54. The van der Waals surface area contributed by atoms with Gasteiger partial charge in [0, 0.05) is 12.6 Å². The summed E-state index contributed by atoms with van der Waals surface area (Å²) in [6.45, 7) is 1.65. The van der Waals surface area contributed by atoms with Gasteiger partial charge in [0.1, 0.15) is 0 Å². The van der Waals surface area contributed by atoms with Crippen LogP contribution in [0.4, 0.5) is 15.8 Å². The molecule has 0 amide bonds. The molecule has 1 rings (SSSR count). The number of hydrogen-bond acceptors (Lipinski definition) is 4. The highest BCUT2D eigenvalue weighted by Crippen LogP contribution is 2.20. The molecule has 0 unspecified atom stereocenters. The molecular formula is C12H18FN3O2. The summed E-state index contributed by atoms with van der Waals surface area (Å²) in [6, 6.07) is 3.63. The molecule has 0 heterocycles. The highest BCUT2D eigenvalue weighted by molar-refractivity contribution is 5.49. The maximum Gasteiger partial charge on any atom is 0.272 e. The first-order valence-corrected chi connectivity index (χ1v) is 5.83. The summed E-state index contributed by atoms with van der Waals surface area (Å²) in [5, 5.41) is 13.4. The van der Waals surface area contributed by atoms with Gasteiger partial charge in [0.2, 0.25) is 0 Å². The summed E-state index contributed by atoms with van der Waals surface area (Å²) >= 11 is 0. The van der Waals surface area contributed by atoms with E-state index in [1.54, 1.807) is 0 Å². The highest BCUT2D eigenvalue weighted by Gasteiger charge is 2.09. The van der Waals surface area contributed by atoms with E-state index < -0.39 is 10.7 Å². The van der Waals surface area contributed by atoms with Gasteiger partial charge in [-0.1, -0.05) is 0 Å². The van der Waals surface area contributed by atoms with Gasteiger partial charge in [0.15, 0.2) is 5.82 Å². The van der Waals surface area contributed by atoms with Crippen molar-refractivity contribution in [1.29, 1.82) is 0 Å². The molecule has 1 aromatic carbocycles. The van der Waals surface area contributed by atoms with E-state index in [-0.39, 0.29) is 5.69 Å². The lowest BCUT2D eigenvalue weighted by atomic mass is 10.2. The number of unbranched alkanes of at least 4 members (excludes halogenated alkanes) is 1. The van der Waals surface area contributed by atoms with Gasteiger partial charge in [-0.05, 0) is 39.5 Å². The molecule has 0 spiro atoms. The van der Waals surface area contributed by atoms with Gasteiger partial charge in [-0.3, -0.25) is 10.1 Å². The number of nitro benzene ring substituents is 1. The van der Waals surface area contributed by atoms with Crippen LogP contribution in [0.1, 0.15) is 12.8 Å². The van der Waals surface area contributed by atoms with E-state index in [9.17, 15) is 14.5 Å². The Morgan fingerprint density at radius 2 is 2.11 bits per heavy atom. The van der Waals surface area contributed by atoms with Crippen molar-refractivity contribution in [3.63, 3.8) is 0 Å². The summed E-state index contributed by atoms with van der Waals surface area (Å²) < 4.78 is 13.5. The van der Waals surface area contributed by atoms with Gasteiger partial charge in [-0.2, -0.15) is 0 Å². The molecule has 0 radical (unpaired) electrons. The first kappa shape index (κ1) is 14.4. The van der Waals surface area contributed by atoms with Crippen LogP contribution in [0.2, 0.25) is 0 Å². The molecule has 0 aromatic heterocycles. The first-order chi connectivity index (χ1) is 8.50. The Bertz CT molecular complexity index is 410. The van der Waals surface area contributed by atoms with E-state index in [4.69, 9.17) is 0 Å². The smallest absolute Gasteiger partial charge is 0.272 e. The van der Waals surface area contributed by atoms with E-state index in [1.165, 1.54) is 12.1 Å². The minimum absolute atomic E-state index is 0.231. The molecule has 0 aliphatic heterocycles. The Hall–Kier alpha value is -1.69. The lowest BCUT2D eigenvalue weighted by Gasteiger charge is -2.10. The number of rotatable bonds is 7. The second kappa shape index (κ2) is 6.90. The Balaban J connectivity index is 2.41. The molecule has 0 aliphatic rings. The minimum atomic E-state index is -0.607. The van der Waals surface area contributed by atoms with Crippen molar-refractivity contribution in [2.24, 2.45) is 0 Å². The Morgan fingerprint density at radius 1 is 1.39 bits per heavy atom. The first-order valence-electron chi connectivity index (χ1n) is 5.83. The molecule has 100 valence electrons. The van der Waals surface area contributed by atoms with Crippen LogP contribution in [-0.2, 0) is 0 Å². The number of nitrogens with zero attached hydrogens (tertiary/aromatic N) is 2. The van der Waals surface area contributed by atoms with Crippen molar-refractivity contribution >= 4 is 11.4 Å². The molecule has 0 atom stereocenters. The van der Waals surface area contributed by atoms with Gasteiger partial charge in [0.05, 0.1) is 16.7 Å². The molecule has 1 aromatic rings. The van der Waals surface area contributed by atoms with E-state index in [2.05, 4.69) is 10.2 Å². The average Bonchev–Trinajstić information content (AvgIpc) is 2.29. The molecule has 0 aliphatic carbocycles. The number of anilines is 1. The van der Waals surface area contributed by atoms with Crippen molar-refractivity contribution < 1.29 is 9.31 Å². The van der Waals surface area contributed by atoms with Crippen LogP contribution in [0, 0.1) is 15.9 Å². The van der Waals surface area contributed by atoms with Crippen LogP contribution in [0.15, 0.2) is 18.2 Å². The normalized spacial score (nSPS) is 10.7. The molecule has 5 nitrogen and oxygen atoms in total. The largest absolute Gasteiger partial charge is 0.383 e. The van der Waals surface area contributed by atoms with E-state index in [0.29, 0.717) is 12.2 Å². The number of benzene rings is 1. The van der Waals surface area contributed by atoms with E-state index in [1.807, 2.05) is 14.1 Å². The fourth-order valence-corrected chi connectivity index (χ4v) is 1.54. The van der Waals surface area contributed by atoms with Crippen LogP contribution in [0.3, 0.4) is 0 Å². The molecule has 6 heteroatoms. The van der Waals surface area contributed by atoms with Gasteiger partial charge in [-0.25, -0.2) is 4.39 Å². The third kappa shape index (κ3) is 4.67. The Labute approximate surface area is 106 Å². The predicted octanol–water partition coefficient (Wildman–Crippen LogP) is 2.49. The highest BCUT2D eigenvalue weighted by atomic mass is 19.1. The number of halogens is 1. The second-order valence-electron chi connectivity index (χ2n) is 4.36. The summed E-state index contributed by atoms with van der Waals surface area (Å²) in [7, 11) is 4.01. The van der Waals surface area contributed by atoms with Crippen LogP contribution in [0.5, 0.6) is 0 Å². The molecule has 0 saturated carbocycles. The fraction of sp³-hybridized carbons (Fsp3) is 0.500. The lowest BCUT2D eigenvalue weighted by molar-refractivity contribution is -0.385. The molecule has 0 fully saturated rings. The SMILES string of the molecule is CN(C)CCCCNc1ccc([N+](=O)[O-])cc1F. The van der Waals surface area contributed by atoms with Gasteiger partial charge < -0.3 is 10.2 Å². The topological polar surface area (TPSA) is 58.4 Å². The number of nitrogens with one attached hydrogen (secondary N) is 1. The van der Waals surface area contributed by atoms with E-state index >= 15 is 0 Å². The zero-order valence-corrected chi connectivity index (χ0v) is 10.6. The molecule has 0 saturated heterocycles. The van der Waals surface area contributed by atoms with Crippen LogP contribution in [-0.4, -0.2) is 37.0 Å². The van der Waals surface area contributed by atoms with Gasteiger partial charge in [0.25, 0.3) is 5.69 Å². The van der Waals surface area contributed by atoms with Gasteiger partial charge in [-0.15, -0.1) is 0 Å². The summed E-state index contributed by atoms with van der Waals surface area (Å²) in [5.74, 6) is -0.586. The van der Waals surface area contributed by atoms with Gasteiger partial charge >= 0.3 is 0 Å².